The van der Waals surface area contributed by atoms with Crippen molar-refractivity contribution in [3.8, 4) is 45.6 Å². The van der Waals surface area contributed by atoms with Crippen LogP contribution in [-0.2, 0) is 122 Å². The monoisotopic (exact) mass is 1790 g/mol. The van der Waals surface area contributed by atoms with E-state index in [2.05, 4.69) is 175 Å². The van der Waals surface area contributed by atoms with Crippen LogP contribution in [0.3, 0.4) is 0 Å². The standard InChI is InChI=1S/C114H114F6O12/c1-11-32-74-53-87(54-75(33-12-2)104(74)126-69-93-65-122-93)110(10,86-44-25-22-26-45-86)88-55-76(34-13-3)106(127-70-94-66-123-94)83(56-88)41-23-20-21-24-42-84-63-91(61-79(37-16-6)107(84)128-71-95-67-124-95)112(113(115,116)117,114(118,119)120)92-62-80(38-17-7)108(129-72-96-68-125-96)85(64-92)43-31-50-101-102(131-101)73-130-105-77(35-14-4)57-89(58-78(105)36-15-5)111(99-48-29-27-46-97(99)98-47-28-30-49-100(98)111)90-59-81(39-18-8)109(82(60-90)40-19-9)132-103-51-52-121-103/h11-31,44-50,53-64,93-96,101-103H,1-9,32-43,51-52,65-73H2,10H3/b23-20-,24-21-,50-31-. The summed E-state index contributed by atoms with van der Waals surface area (Å²) in [6.07, 6.45) is 16.5. The van der Waals surface area contributed by atoms with Gasteiger partial charge in [-0.3, -0.25) is 0 Å². The number of ether oxygens (including phenoxy) is 12. The lowest BCUT2D eigenvalue weighted by molar-refractivity contribution is -0.288. The van der Waals surface area contributed by atoms with E-state index in [0.717, 1.165) is 137 Å². The molecule has 0 N–H and O–H groups in total. The highest BCUT2D eigenvalue weighted by Gasteiger charge is 2.73. The van der Waals surface area contributed by atoms with E-state index >= 15 is 26.3 Å². The third-order valence-electron chi connectivity index (χ3n) is 25.7. The molecule has 0 radical (unpaired) electrons. The molecule has 7 aliphatic rings. The first kappa shape index (κ1) is 93.2. The Kier molecular flexibility index (Phi) is 29.0. The van der Waals surface area contributed by atoms with E-state index in [1.54, 1.807) is 24.3 Å². The van der Waals surface area contributed by atoms with Crippen molar-refractivity contribution in [2.45, 2.75) is 162 Å². The Morgan fingerprint density at radius 3 is 0.962 bits per heavy atom. The van der Waals surface area contributed by atoms with Gasteiger partial charge in [0.15, 0.2) is 0 Å². The van der Waals surface area contributed by atoms with Gasteiger partial charge in [0.05, 0.1) is 38.4 Å². The number of hydrogen-bond donors (Lipinski definition) is 0. The van der Waals surface area contributed by atoms with Crippen LogP contribution in [0.1, 0.15) is 130 Å². The molecule has 1 aliphatic carbocycles. The molecule has 6 fully saturated rings. The third kappa shape index (κ3) is 19.9. The number of halogens is 6. The summed E-state index contributed by atoms with van der Waals surface area (Å²) in [5.74, 6) is 3.13. The lowest BCUT2D eigenvalue weighted by Crippen LogP contribution is -2.55. The molecule has 9 aromatic carbocycles. The topological polar surface area (TPSA) is 127 Å². The fraction of sp³-hybridized carbons (Fsp3) is 0.316. The maximum atomic E-state index is 17.2. The van der Waals surface area contributed by atoms with Crippen LogP contribution in [0.25, 0.3) is 11.1 Å². The van der Waals surface area contributed by atoms with E-state index < -0.39 is 51.9 Å². The Balaban J connectivity index is 0.714. The minimum atomic E-state index is -6.01. The summed E-state index contributed by atoms with van der Waals surface area (Å²) >= 11 is 0. The van der Waals surface area contributed by atoms with Crippen molar-refractivity contribution in [1.82, 2.24) is 0 Å². The van der Waals surface area contributed by atoms with Crippen LogP contribution in [-0.4, -0.2) is 121 Å². The molecule has 0 bridgehead atoms. The number of fused-ring (bicyclic) bond motifs is 3. The Hall–Kier alpha value is -12.0. The van der Waals surface area contributed by atoms with E-state index in [1.807, 2.05) is 72.9 Å². The van der Waals surface area contributed by atoms with E-state index in [1.165, 1.54) is 12.2 Å². The minimum Gasteiger partial charge on any atom is -0.490 e. The fourth-order valence-corrected chi connectivity index (χ4v) is 18.8. The highest BCUT2D eigenvalue weighted by Crippen LogP contribution is 2.61. The average molecular weight is 1790 g/mol. The quantitative estimate of drug-likeness (QED) is 0.0118. The Morgan fingerprint density at radius 1 is 0.348 bits per heavy atom. The molecular weight excluding hydrogens is 1680 g/mol. The normalized spacial score (nSPS) is 19.4. The van der Waals surface area contributed by atoms with Crippen LogP contribution < -0.4 is 28.4 Å². The first-order chi connectivity index (χ1) is 64.1. The summed E-state index contributed by atoms with van der Waals surface area (Å²) in [5.41, 5.74) is 8.83. The molecule has 16 rings (SSSR count). The van der Waals surface area contributed by atoms with E-state index in [4.69, 9.17) is 56.8 Å². The summed E-state index contributed by atoms with van der Waals surface area (Å²) in [4.78, 5) is 0. The van der Waals surface area contributed by atoms with Crippen LogP contribution in [0, 0.1) is 0 Å². The van der Waals surface area contributed by atoms with Gasteiger partial charge in [-0.25, -0.2) is 0 Å². The SMILES string of the molecule is C=CCc1cc(C(C)(c2ccccc2)c2cc(CC=C)c(OCC3CO3)c(C/C=C\C=C/Cc3cc(C(c4cc(CC=C)c(OCC5CO5)c(C/C=C\C5OC5COc5c(CC=C)cc(C6(c7cc(CC=C)c(OC8CCO8)c(CC=C)c7)c7ccccc7-c7ccccc76)cc5CC=C)c4)(C(F)(F)F)C(F)(F)F)cc(CC=C)c3OCC3CO3)c2)cc(CC=C)c1OCC1CO1. The predicted octanol–water partition coefficient (Wildman–Crippen LogP) is 23.4. The molecule has 0 aromatic heterocycles. The van der Waals surface area contributed by atoms with Gasteiger partial charge in [-0.1, -0.05) is 243 Å². The second-order valence-corrected chi connectivity index (χ2v) is 34.9. The molecular formula is C114H114F6O12. The minimum absolute atomic E-state index is 0.00128. The molecule has 0 saturated carbocycles. The molecule has 132 heavy (non-hydrogen) atoms. The molecule has 0 spiro atoms. The number of hydrogen-bond acceptors (Lipinski definition) is 12. The predicted molar refractivity (Wildman–Crippen MR) is 508 cm³/mol. The van der Waals surface area contributed by atoms with Gasteiger partial charge < -0.3 is 56.8 Å². The second-order valence-electron chi connectivity index (χ2n) is 34.9. The summed E-state index contributed by atoms with van der Waals surface area (Å²) in [6.45, 7) is 42.7. The highest BCUT2D eigenvalue weighted by molar-refractivity contribution is 5.87. The Morgan fingerprint density at radius 2 is 0.644 bits per heavy atom. The molecule has 0 amide bonds. The zero-order valence-electron chi connectivity index (χ0n) is 74.9. The van der Waals surface area contributed by atoms with Crippen molar-refractivity contribution < 1.29 is 83.2 Å². The number of epoxide rings is 5. The molecule has 6 aliphatic heterocycles. The lowest BCUT2D eigenvalue weighted by Gasteiger charge is -2.39. The van der Waals surface area contributed by atoms with E-state index in [0.29, 0.717) is 109 Å². The second kappa shape index (κ2) is 41.0. The molecule has 18 heteroatoms. The van der Waals surface area contributed by atoms with Crippen molar-refractivity contribution in [3.05, 3.63) is 419 Å². The van der Waals surface area contributed by atoms with Gasteiger partial charge in [-0.05, 0) is 212 Å². The van der Waals surface area contributed by atoms with Crippen LogP contribution in [0.2, 0.25) is 0 Å². The zero-order chi connectivity index (χ0) is 92.3. The molecule has 6 saturated heterocycles. The first-order valence-corrected chi connectivity index (χ1v) is 45.5. The Bertz CT molecular complexity index is 5740. The number of rotatable bonds is 50. The number of alkyl halides is 6. The smallest absolute Gasteiger partial charge is 0.411 e. The largest absolute Gasteiger partial charge is 0.490 e. The average Bonchev–Trinajstić information content (AvgIpc) is 1.64. The first-order valence-electron chi connectivity index (χ1n) is 45.5. The van der Waals surface area contributed by atoms with Crippen LogP contribution in [0.15, 0.2) is 302 Å². The maximum Gasteiger partial charge on any atom is 0.411 e. The van der Waals surface area contributed by atoms with Crippen LogP contribution >= 0.6 is 0 Å². The molecule has 12 nitrogen and oxygen atoms in total. The van der Waals surface area contributed by atoms with Gasteiger partial charge in [0, 0.05) is 11.8 Å². The number of allylic oxidation sites excluding steroid dienone is 14. The zero-order valence-corrected chi connectivity index (χ0v) is 74.9. The molecule has 6 heterocycles. The summed E-state index contributed by atoms with van der Waals surface area (Å²) < 4.78 is 177. The third-order valence-corrected chi connectivity index (χ3v) is 25.7. The highest BCUT2D eigenvalue weighted by atomic mass is 19.4. The van der Waals surface area contributed by atoms with Crippen molar-refractivity contribution in [2.75, 3.05) is 66.1 Å². The van der Waals surface area contributed by atoms with Crippen molar-refractivity contribution in [3.63, 3.8) is 0 Å². The lowest BCUT2D eigenvalue weighted by atomic mass is 9.66. The Labute approximate surface area is 771 Å². The van der Waals surface area contributed by atoms with E-state index in [-0.39, 0.29) is 110 Å². The molecule has 684 valence electrons. The van der Waals surface area contributed by atoms with Gasteiger partial charge in [-0.15, -0.1) is 59.2 Å². The van der Waals surface area contributed by atoms with Crippen molar-refractivity contribution in [1.29, 1.82) is 0 Å². The summed E-state index contributed by atoms with van der Waals surface area (Å²) in [7, 11) is 0. The fourth-order valence-electron chi connectivity index (χ4n) is 18.8. The summed E-state index contributed by atoms with van der Waals surface area (Å²) in [5, 5.41) is 0. The molecule has 9 aromatic rings. The van der Waals surface area contributed by atoms with Gasteiger partial charge >= 0.3 is 12.4 Å². The molecule has 8 atom stereocenters. The van der Waals surface area contributed by atoms with Crippen molar-refractivity contribution >= 4 is 0 Å². The van der Waals surface area contributed by atoms with Crippen molar-refractivity contribution in [2.24, 2.45) is 0 Å². The van der Waals surface area contributed by atoms with Gasteiger partial charge in [0.2, 0.25) is 11.7 Å². The van der Waals surface area contributed by atoms with E-state index in [9.17, 15) is 0 Å². The van der Waals surface area contributed by atoms with Crippen LogP contribution in [0.4, 0.5) is 26.3 Å². The summed E-state index contributed by atoms with van der Waals surface area (Å²) in [6, 6.07) is 49.0. The van der Waals surface area contributed by atoms with Gasteiger partial charge in [0.1, 0.15) is 104 Å². The maximum absolute atomic E-state index is 17.2. The van der Waals surface area contributed by atoms with Crippen LogP contribution in [0.5, 0.6) is 34.5 Å². The molecule has 8 unspecified atom stereocenters. The van der Waals surface area contributed by atoms with Gasteiger partial charge in [-0.2, -0.15) is 26.3 Å². The van der Waals surface area contributed by atoms with Gasteiger partial charge in [0.25, 0.3) is 0 Å². The number of benzene rings is 9.